The van der Waals surface area contributed by atoms with E-state index in [0.29, 0.717) is 32.6 Å². The van der Waals surface area contributed by atoms with Gasteiger partial charge in [-0.25, -0.2) is 0 Å². The summed E-state index contributed by atoms with van der Waals surface area (Å²) in [5.74, 6) is -0.0719. The summed E-state index contributed by atoms with van der Waals surface area (Å²) >= 11 is 12.0. The molecule has 1 N–H and O–H groups in total. The highest BCUT2D eigenvalue weighted by atomic mass is 35.5. The molecule has 0 spiro atoms. The third-order valence-corrected chi connectivity index (χ3v) is 3.83. The maximum Gasteiger partial charge on any atom is 0.274 e. The molecule has 0 fully saturated rings. The minimum atomic E-state index is -0.500. The predicted octanol–water partition coefficient (Wildman–Crippen LogP) is 4.87. The number of nitro groups is 1. The van der Waals surface area contributed by atoms with Crippen molar-refractivity contribution in [2.75, 3.05) is 12.4 Å². The number of nitrogens with zero attached hydrogens (tertiary/aromatic N) is 1. The van der Waals surface area contributed by atoms with Gasteiger partial charge in [0.25, 0.3) is 5.69 Å². The fourth-order valence-corrected chi connectivity index (χ4v) is 2.74. The number of nitrogens with one attached hydrogen (secondary N) is 1. The van der Waals surface area contributed by atoms with Crippen molar-refractivity contribution in [1.82, 2.24) is 0 Å². The van der Waals surface area contributed by atoms with E-state index in [1.165, 1.54) is 31.4 Å². The van der Waals surface area contributed by atoms with Gasteiger partial charge in [-0.05, 0) is 31.2 Å². The van der Waals surface area contributed by atoms with Gasteiger partial charge in [-0.15, -0.1) is 0 Å². The Morgan fingerprint density at radius 1 is 1.28 bits per heavy atom. The molecule has 1 amide bonds. The highest BCUT2D eigenvalue weighted by molar-refractivity contribution is 6.36. The normalized spacial score (nSPS) is 10.7. The number of hydrogen-bond donors (Lipinski definition) is 1. The largest absolute Gasteiger partial charge is 0.495 e. The zero-order valence-electron chi connectivity index (χ0n) is 13.4. The number of carbonyl (C=O) groups excluding carboxylic acids is 1. The van der Waals surface area contributed by atoms with Gasteiger partial charge in [0.05, 0.1) is 17.1 Å². The Hall–Kier alpha value is -2.57. The Labute approximate surface area is 154 Å². The fourth-order valence-electron chi connectivity index (χ4n) is 2.15. The Kier molecular flexibility index (Phi) is 6.01. The van der Waals surface area contributed by atoms with Crippen molar-refractivity contribution in [3.63, 3.8) is 0 Å². The van der Waals surface area contributed by atoms with Crippen LogP contribution < -0.4 is 10.1 Å². The van der Waals surface area contributed by atoms with Crippen LogP contribution in [0.15, 0.2) is 36.4 Å². The number of amides is 1. The molecule has 0 aliphatic heterocycles. The molecule has 2 aromatic carbocycles. The molecular formula is C17H14Cl2N2O4. The summed E-state index contributed by atoms with van der Waals surface area (Å²) in [6, 6.07) is 7.59. The standard InChI is InChI=1S/C17H14Cl2N2O4/c1-10-3-5-13(9-15(10)21(23)24)20-16(22)6-4-11-7-12(18)8-14(19)17(11)25-2/h3-9H,1-2H3,(H,20,22)/b6-4+. The number of halogens is 2. The number of benzene rings is 2. The average Bonchev–Trinajstić information content (AvgIpc) is 2.54. The first-order valence-electron chi connectivity index (χ1n) is 7.09. The number of rotatable bonds is 5. The Morgan fingerprint density at radius 3 is 2.64 bits per heavy atom. The van der Waals surface area contributed by atoms with Crippen LogP contribution in [0.1, 0.15) is 11.1 Å². The average molecular weight is 381 g/mol. The SMILES string of the molecule is COc1c(Cl)cc(Cl)cc1/C=C/C(=O)Nc1ccc(C)c([N+](=O)[O-])c1. The van der Waals surface area contributed by atoms with Crippen LogP contribution >= 0.6 is 23.2 Å². The van der Waals surface area contributed by atoms with Gasteiger partial charge >= 0.3 is 0 Å². The van der Waals surface area contributed by atoms with E-state index in [1.54, 1.807) is 25.1 Å². The molecule has 0 bridgehead atoms. The van der Waals surface area contributed by atoms with E-state index in [0.717, 1.165) is 0 Å². The molecule has 0 aromatic heterocycles. The molecule has 6 nitrogen and oxygen atoms in total. The number of aryl methyl sites for hydroxylation is 1. The van der Waals surface area contributed by atoms with Crippen LogP contribution in [0, 0.1) is 17.0 Å². The molecule has 0 aliphatic rings. The minimum absolute atomic E-state index is 0.0647. The fraction of sp³-hybridized carbons (Fsp3) is 0.118. The first-order valence-corrected chi connectivity index (χ1v) is 7.84. The zero-order chi connectivity index (χ0) is 18.6. The van der Waals surface area contributed by atoms with Crippen LogP contribution in [0.2, 0.25) is 10.0 Å². The van der Waals surface area contributed by atoms with Gasteiger partial charge in [0.15, 0.2) is 0 Å². The Morgan fingerprint density at radius 2 is 2.00 bits per heavy atom. The maximum absolute atomic E-state index is 12.0. The smallest absolute Gasteiger partial charge is 0.274 e. The molecular weight excluding hydrogens is 367 g/mol. The van der Waals surface area contributed by atoms with E-state index in [9.17, 15) is 14.9 Å². The predicted molar refractivity (Wildman–Crippen MR) is 98.5 cm³/mol. The first-order chi connectivity index (χ1) is 11.8. The van der Waals surface area contributed by atoms with Crippen LogP contribution in [0.4, 0.5) is 11.4 Å². The molecule has 2 aromatic rings. The van der Waals surface area contributed by atoms with Crippen LogP contribution in [0.25, 0.3) is 6.08 Å². The summed E-state index contributed by atoms with van der Waals surface area (Å²) < 4.78 is 5.19. The van der Waals surface area contributed by atoms with Crippen LogP contribution in [0.5, 0.6) is 5.75 Å². The summed E-state index contributed by atoms with van der Waals surface area (Å²) in [7, 11) is 1.46. The molecule has 0 saturated heterocycles. The summed E-state index contributed by atoms with van der Waals surface area (Å²) in [5, 5.41) is 14.2. The molecule has 0 atom stereocenters. The zero-order valence-corrected chi connectivity index (χ0v) is 14.9. The maximum atomic E-state index is 12.0. The molecule has 0 heterocycles. The topological polar surface area (TPSA) is 81.5 Å². The number of methoxy groups -OCH3 is 1. The van der Waals surface area contributed by atoms with Crippen molar-refractivity contribution < 1.29 is 14.5 Å². The summed E-state index contributed by atoms with van der Waals surface area (Å²) in [4.78, 5) is 22.5. The van der Waals surface area contributed by atoms with Crippen LogP contribution in [0.3, 0.4) is 0 Å². The monoisotopic (exact) mass is 380 g/mol. The second-order valence-electron chi connectivity index (χ2n) is 5.09. The molecule has 0 radical (unpaired) electrons. The number of ether oxygens (including phenoxy) is 1. The second-order valence-corrected chi connectivity index (χ2v) is 5.93. The van der Waals surface area contributed by atoms with E-state index in [4.69, 9.17) is 27.9 Å². The third-order valence-electron chi connectivity index (χ3n) is 3.33. The third kappa shape index (κ3) is 4.71. The van der Waals surface area contributed by atoms with Crippen molar-refractivity contribution in [3.8, 4) is 5.75 Å². The van der Waals surface area contributed by atoms with E-state index < -0.39 is 10.8 Å². The highest BCUT2D eigenvalue weighted by Gasteiger charge is 2.12. The number of hydrogen-bond acceptors (Lipinski definition) is 4. The van der Waals surface area contributed by atoms with Gasteiger partial charge in [0.2, 0.25) is 5.91 Å². The molecule has 0 aliphatic carbocycles. The van der Waals surface area contributed by atoms with Crippen molar-refractivity contribution in [3.05, 3.63) is 67.7 Å². The lowest BCUT2D eigenvalue weighted by atomic mass is 10.1. The van der Waals surface area contributed by atoms with E-state index >= 15 is 0 Å². The Balaban J connectivity index is 2.20. The van der Waals surface area contributed by atoms with Crippen LogP contribution in [-0.4, -0.2) is 17.9 Å². The van der Waals surface area contributed by atoms with E-state index in [-0.39, 0.29) is 5.69 Å². The van der Waals surface area contributed by atoms with Gasteiger partial charge in [-0.1, -0.05) is 29.3 Å². The van der Waals surface area contributed by atoms with Crippen molar-refractivity contribution in [2.45, 2.75) is 6.92 Å². The number of carbonyl (C=O) groups is 1. The summed E-state index contributed by atoms with van der Waals surface area (Å²) in [6.07, 6.45) is 2.75. The minimum Gasteiger partial charge on any atom is -0.495 e. The van der Waals surface area contributed by atoms with Gasteiger partial charge in [0, 0.05) is 34.0 Å². The molecule has 8 heteroatoms. The molecule has 0 unspecified atom stereocenters. The van der Waals surface area contributed by atoms with E-state index in [2.05, 4.69) is 5.32 Å². The quantitative estimate of drug-likeness (QED) is 0.455. The van der Waals surface area contributed by atoms with Crippen molar-refractivity contribution >= 4 is 46.6 Å². The van der Waals surface area contributed by atoms with Gasteiger partial charge in [-0.3, -0.25) is 14.9 Å². The number of nitro benzene ring substituents is 1. The highest BCUT2D eigenvalue weighted by Crippen LogP contribution is 2.33. The summed E-state index contributed by atoms with van der Waals surface area (Å²) in [5.41, 5.74) is 1.30. The van der Waals surface area contributed by atoms with Crippen molar-refractivity contribution in [2.24, 2.45) is 0 Å². The lowest BCUT2D eigenvalue weighted by molar-refractivity contribution is -0.385. The molecule has 25 heavy (non-hydrogen) atoms. The first kappa shape index (κ1) is 18.8. The van der Waals surface area contributed by atoms with E-state index in [1.807, 2.05) is 0 Å². The molecule has 2 rings (SSSR count). The number of anilines is 1. The molecule has 130 valence electrons. The van der Waals surface area contributed by atoms with Gasteiger partial charge < -0.3 is 10.1 Å². The second kappa shape index (κ2) is 8.00. The molecule has 0 saturated carbocycles. The lowest BCUT2D eigenvalue weighted by Crippen LogP contribution is -2.08. The van der Waals surface area contributed by atoms with Crippen LogP contribution in [-0.2, 0) is 4.79 Å². The van der Waals surface area contributed by atoms with Gasteiger partial charge in [-0.2, -0.15) is 0 Å². The Bertz CT molecular complexity index is 866. The van der Waals surface area contributed by atoms with Gasteiger partial charge in [0.1, 0.15) is 5.75 Å². The lowest BCUT2D eigenvalue weighted by Gasteiger charge is -2.08. The summed E-state index contributed by atoms with van der Waals surface area (Å²) in [6.45, 7) is 1.62. The van der Waals surface area contributed by atoms with Crippen molar-refractivity contribution in [1.29, 1.82) is 0 Å².